The van der Waals surface area contributed by atoms with Crippen LogP contribution in [0.3, 0.4) is 0 Å². The van der Waals surface area contributed by atoms with Crippen LogP contribution >= 0.6 is 0 Å². The van der Waals surface area contributed by atoms with Gasteiger partial charge in [-0.25, -0.2) is 4.68 Å². The van der Waals surface area contributed by atoms with E-state index in [1.807, 2.05) is 16.9 Å². The highest BCUT2D eigenvalue weighted by molar-refractivity contribution is 5.94. The maximum absolute atomic E-state index is 12.4. The van der Waals surface area contributed by atoms with Gasteiger partial charge in [0.25, 0.3) is 0 Å². The zero-order valence-corrected chi connectivity index (χ0v) is 14.8. The zero-order valence-electron chi connectivity index (χ0n) is 14.8. The predicted octanol–water partition coefficient (Wildman–Crippen LogP) is 2.61. The zero-order chi connectivity index (χ0) is 17.7. The number of carbonyl (C=O) groups is 1. The van der Waals surface area contributed by atoms with Crippen LogP contribution < -0.4 is 9.47 Å². The highest BCUT2D eigenvalue weighted by Gasteiger charge is 2.34. The van der Waals surface area contributed by atoms with Crippen LogP contribution in [0.1, 0.15) is 54.3 Å². The van der Waals surface area contributed by atoms with E-state index in [1.165, 1.54) is 5.56 Å². The maximum atomic E-state index is 12.4. The van der Waals surface area contributed by atoms with Crippen LogP contribution in [0.5, 0.6) is 11.5 Å². The highest BCUT2D eigenvalue weighted by atomic mass is 16.7. The Hall–Kier alpha value is -2.41. The number of rotatable bonds is 6. The van der Waals surface area contributed by atoms with E-state index in [1.54, 1.807) is 0 Å². The number of hydrogen-bond donors (Lipinski definition) is 0. The monoisotopic (exact) mass is 354 g/mol. The lowest BCUT2D eigenvalue weighted by molar-refractivity contribution is 0.0501. The summed E-state index contributed by atoms with van der Waals surface area (Å²) in [6.45, 7) is 4.35. The third-order valence-electron chi connectivity index (χ3n) is 5.60. The fourth-order valence-corrected chi connectivity index (χ4v) is 3.73. The van der Waals surface area contributed by atoms with Gasteiger partial charge in [-0.05, 0) is 43.4 Å². The van der Waals surface area contributed by atoms with Gasteiger partial charge in [-0.15, -0.1) is 5.10 Å². The first-order valence-electron chi connectivity index (χ1n) is 9.26. The highest BCUT2D eigenvalue weighted by Crippen LogP contribution is 2.37. The number of benzene rings is 1. The van der Waals surface area contributed by atoms with Crippen molar-refractivity contribution in [3.05, 3.63) is 35.7 Å². The molecule has 0 radical (unpaired) electrons. The number of nitrogens with zero attached hydrogens (tertiary/aromatic N) is 4. The molecule has 0 N–H and O–H groups in total. The van der Waals surface area contributed by atoms with Crippen molar-refractivity contribution in [3.8, 4) is 11.5 Å². The summed E-state index contributed by atoms with van der Waals surface area (Å²) in [4.78, 5) is 14.8. The van der Waals surface area contributed by atoms with Crippen molar-refractivity contribution in [2.24, 2.45) is 5.92 Å². The van der Waals surface area contributed by atoms with Crippen LogP contribution in [0.4, 0.5) is 0 Å². The first-order valence-corrected chi connectivity index (χ1v) is 9.26. The van der Waals surface area contributed by atoms with Gasteiger partial charge in [0, 0.05) is 25.6 Å². The van der Waals surface area contributed by atoms with Crippen molar-refractivity contribution < 1.29 is 14.3 Å². The van der Waals surface area contributed by atoms with E-state index in [9.17, 15) is 4.79 Å². The Morgan fingerprint density at radius 2 is 2.08 bits per heavy atom. The van der Waals surface area contributed by atoms with Gasteiger partial charge in [-0.2, -0.15) is 0 Å². The second-order valence-electron chi connectivity index (χ2n) is 7.55. The summed E-state index contributed by atoms with van der Waals surface area (Å²) in [5.74, 6) is 2.13. The van der Waals surface area contributed by atoms with Gasteiger partial charge in [-0.1, -0.05) is 11.3 Å². The van der Waals surface area contributed by atoms with Crippen LogP contribution in [-0.4, -0.2) is 45.6 Å². The minimum Gasteiger partial charge on any atom is -0.454 e. The second-order valence-corrected chi connectivity index (χ2v) is 7.55. The molecule has 1 aliphatic carbocycles. The molecule has 0 bridgehead atoms. The van der Waals surface area contributed by atoms with Crippen LogP contribution in [0, 0.1) is 5.92 Å². The fourth-order valence-electron chi connectivity index (χ4n) is 3.73. The number of likely N-dealkylation sites (tertiary alicyclic amines) is 1. The summed E-state index contributed by atoms with van der Waals surface area (Å²) in [6, 6.07) is 6.88. The Morgan fingerprint density at radius 1 is 1.27 bits per heavy atom. The average molecular weight is 354 g/mol. The number of carbonyl (C=O) groups excluding carboxylic acids is 1. The van der Waals surface area contributed by atoms with Gasteiger partial charge >= 0.3 is 0 Å². The molecular weight excluding hydrogens is 332 g/mol. The largest absolute Gasteiger partial charge is 0.454 e. The lowest BCUT2D eigenvalue weighted by atomic mass is 9.90. The first kappa shape index (κ1) is 15.8. The molecule has 3 aliphatic rings. The number of ketones is 1. The molecular formula is C19H22N4O3. The van der Waals surface area contributed by atoms with Gasteiger partial charge in [0.1, 0.15) is 5.69 Å². The second kappa shape index (κ2) is 6.09. The first-order chi connectivity index (χ1) is 12.7. The molecule has 0 spiro atoms. The summed E-state index contributed by atoms with van der Waals surface area (Å²) in [5, 5.41) is 8.12. The topological polar surface area (TPSA) is 69.5 Å². The van der Waals surface area contributed by atoms with Crippen molar-refractivity contribution >= 4 is 5.78 Å². The van der Waals surface area contributed by atoms with Crippen molar-refractivity contribution in [2.45, 2.75) is 38.3 Å². The number of aromatic nitrogens is 3. The van der Waals surface area contributed by atoms with E-state index in [-0.39, 0.29) is 5.78 Å². The average Bonchev–Trinajstić information content (AvgIpc) is 3.16. The molecule has 7 heteroatoms. The Morgan fingerprint density at radius 3 is 2.88 bits per heavy atom. The normalized spacial score (nSPS) is 20.8. The summed E-state index contributed by atoms with van der Waals surface area (Å²) >= 11 is 0. The molecule has 5 rings (SSSR count). The maximum Gasteiger partial charge on any atom is 0.231 e. The molecule has 2 fully saturated rings. The molecule has 1 aromatic carbocycles. The molecule has 1 atom stereocenters. The van der Waals surface area contributed by atoms with Crippen molar-refractivity contribution in [1.29, 1.82) is 0 Å². The summed E-state index contributed by atoms with van der Waals surface area (Å²) in [7, 11) is 0. The molecule has 1 saturated heterocycles. The minimum atomic E-state index is 0.109. The number of Topliss-reactive ketones (excluding diaryl/α,β-unsaturated/α-hetero) is 1. The van der Waals surface area contributed by atoms with E-state index in [4.69, 9.17) is 9.47 Å². The summed E-state index contributed by atoms with van der Waals surface area (Å²) < 4.78 is 12.7. The smallest absolute Gasteiger partial charge is 0.231 e. The molecule has 1 saturated carbocycles. The Bertz CT molecular complexity index is 839. The molecule has 2 aliphatic heterocycles. The number of ether oxygens (including phenoxy) is 2. The lowest BCUT2D eigenvalue weighted by Crippen LogP contribution is -2.48. The van der Waals surface area contributed by atoms with E-state index >= 15 is 0 Å². The van der Waals surface area contributed by atoms with Crippen molar-refractivity contribution in [2.75, 3.05) is 19.9 Å². The minimum absolute atomic E-state index is 0.109. The van der Waals surface area contributed by atoms with E-state index < -0.39 is 0 Å². The van der Waals surface area contributed by atoms with Gasteiger partial charge in [0.15, 0.2) is 17.3 Å². The molecule has 1 aromatic heterocycles. The van der Waals surface area contributed by atoms with E-state index in [0.29, 0.717) is 36.9 Å². The van der Waals surface area contributed by atoms with Crippen LogP contribution in [0.15, 0.2) is 24.4 Å². The standard InChI is InChI=1S/C19H22N4O3/c1-12(14-2-5-18-19(7-14)26-11-25-18)22-8-13(9-22)6-17(24)16-10-23(21-20-16)15-3-4-15/h2,5,7,10,12-13,15H,3-4,6,8-9,11H2,1H3. The molecule has 136 valence electrons. The molecule has 2 aromatic rings. The molecule has 0 amide bonds. The van der Waals surface area contributed by atoms with Crippen LogP contribution in [0.2, 0.25) is 0 Å². The third kappa shape index (κ3) is 2.86. The Labute approximate surface area is 151 Å². The van der Waals surface area contributed by atoms with Gasteiger partial charge in [0.05, 0.1) is 12.2 Å². The molecule has 26 heavy (non-hydrogen) atoms. The van der Waals surface area contributed by atoms with E-state index in [2.05, 4.69) is 34.3 Å². The third-order valence-corrected chi connectivity index (χ3v) is 5.60. The molecule has 7 nitrogen and oxygen atoms in total. The number of fused-ring (bicyclic) bond motifs is 1. The molecule has 1 unspecified atom stereocenters. The van der Waals surface area contributed by atoms with Crippen molar-refractivity contribution in [1.82, 2.24) is 19.9 Å². The Balaban J connectivity index is 1.16. The summed E-state index contributed by atoms with van der Waals surface area (Å²) in [6.07, 6.45) is 4.65. The van der Waals surface area contributed by atoms with Gasteiger partial charge < -0.3 is 9.47 Å². The van der Waals surface area contributed by atoms with Crippen LogP contribution in [0.25, 0.3) is 0 Å². The quantitative estimate of drug-likeness (QED) is 0.743. The van der Waals surface area contributed by atoms with Crippen molar-refractivity contribution in [3.63, 3.8) is 0 Å². The Kier molecular flexibility index (Phi) is 3.70. The predicted molar refractivity (Wildman–Crippen MR) is 93.3 cm³/mol. The van der Waals surface area contributed by atoms with Gasteiger partial charge in [0.2, 0.25) is 6.79 Å². The fraction of sp³-hybridized carbons (Fsp3) is 0.526. The summed E-state index contributed by atoms with van der Waals surface area (Å²) in [5.41, 5.74) is 1.73. The van der Waals surface area contributed by atoms with E-state index in [0.717, 1.165) is 37.4 Å². The SMILES string of the molecule is CC(c1ccc2c(c1)OCO2)N1CC(CC(=O)c2cn(C3CC3)nn2)C1. The number of hydrogen-bond acceptors (Lipinski definition) is 6. The van der Waals surface area contributed by atoms with Gasteiger partial charge in [-0.3, -0.25) is 9.69 Å². The van der Waals surface area contributed by atoms with Crippen LogP contribution in [-0.2, 0) is 0 Å². The molecule has 3 heterocycles. The lowest BCUT2D eigenvalue weighted by Gasteiger charge is -2.43.